The van der Waals surface area contributed by atoms with Crippen LogP contribution in [0.2, 0.25) is 10.0 Å². The summed E-state index contributed by atoms with van der Waals surface area (Å²) in [6.45, 7) is 3.19. The lowest BCUT2D eigenvalue weighted by Crippen LogP contribution is -2.23. The first kappa shape index (κ1) is 14.2. The highest BCUT2D eigenvalue weighted by Gasteiger charge is 2.24. The van der Waals surface area contributed by atoms with Crippen LogP contribution in [0.1, 0.15) is 50.6 Å². The number of hydrogen-bond acceptors (Lipinski definition) is 1. The lowest BCUT2D eigenvalue weighted by atomic mass is 10.00. The van der Waals surface area contributed by atoms with E-state index in [9.17, 15) is 0 Å². The van der Waals surface area contributed by atoms with Gasteiger partial charge < -0.3 is 5.32 Å². The van der Waals surface area contributed by atoms with Gasteiger partial charge in [0.2, 0.25) is 0 Å². The number of hydrogen-bond donors (Lipinski definition) is 1. The topological polar surface area (TPSA) is 12.0 Å². The van der Waals surface area contributed by atoms with Crippen LogP contribution in [0.15, 0.2) is 18.2 Å². The molecule has 1 aliphatic rings. The van der Waals surface area contributed by atoms with Crippen molar-refractivity contribution in [3.8, 4) is 0 Å². The zero-order chi connectivity index (χ0) is 13.0. The predicted molar refractivity (Wildman–Crippen MR) is 79.5 cm³/mol. The SMILES string of the molecule is CCCNC(CCC1CC1)c1c(Cl)cccc1Cl. The quantitative estimate of drug-likeness (QED) is 0.724. The molecule has 1 saturated carbocycles. The second kappa shape index (κ2) is 6.79. The monoisotopic (exact) mass is 285 g/mol. The highest BCUT2D eigenvalue weighted by molar-refractivity contribution is 6.36. The van der Waals surface area contributed by atoms with E-state index in [1.165, 1.54) is 19.3 Å². The van der Waals surface area contributed by atoms with Gasteiger partial charge in [0.1, 0.15) is 0 Å². The van der Waals surface area contributed by atoms with Crippen molar-refractivity contribution in [2.75, 3.05) is 6.54 Å². The molecule has 0 bridgehead atoms. The summed E-state index contributed by atoms with van der Waals surface area (Å²) in [7, 11) is 0. The Bertz CT molecular complexity index is 368. The van der Waals surface area contributed by atoms with Crippen molar-refractivity contribution < 1.29 is 0 Å². The predicted octanol–water partition coefficient (Wildman–Crippen LogP) is 5.22. The second-order valence-electron chi connectivity index (χ2n) is 5.16. The molecule has 0 aromatic heterocycles. The van der Waals surface area contributed by atoms with Crippen LogP contribution in [-0.4, -0.2) is 6.54 Å². The molecule has 1 aliphatic carbocycles. The first-order chi connectivity index (χ1) is 8.72. The molecule has 3 heteroatoms. The van der Waals surface area contributed by atoms with E-state index >= 15 is 0 Å². The van der Waals surface area contributed by atoms with Crippen LogP contribution < -0.4 is 5.32 Å². The van der Waals surface area contributed by atoms with E-state index in [-0.39, 0.29) is 0 Å². The van der Waals surface area contributed by atoms with Crippen LogP contribution in [0.3, 0.4) is 0 Å². The van der Waals surface area contributed by atoms with E-state index in [0.29, 0.717) is 6.04 Å². The van der Waals surface area contributed by atoms with Crippen molar-refractivity contribution in [2.45, 2.75) is 45.1 Å². The van der Waals surface area contributed by atoms with Crippen molar-refractivity contribution in [1.82, 2.24) is 5.32 Å². The van der Waals surface area contributed by atoms with Gasteiger partial charge in [-0.2, -0.15) is 0 Å². The first-order valence-electron chi connectivity index (χ1n) is 6.89. The molecule has 18 heavy (non-hydrogen) atoms. The highest BCUT2D eigenvalue weighted by atomic mass is 35.5. The Balaban J connectivity index is 2.09. The Labute approximate surface area is 120 Å². The summed E-state index contributed by atoms with van der Waals surface area (Å²) in [5.41, 5.74) is 1.08. The van der Waals surface area contributed by atoms with Crippen molar-refractivity contribution >= 4 is 23.2 Å². The van der Waals surface area contributed by atoms with Gasteiger partial charge in [-0.3, -0.25) is 0 Å². The lowest BCUT2D eigenvalue weighted by Gasteiger charge is -2.21. The van der Waals surface area contributed by atoms with E-state index in [2.05, 4.69) is 12.2 Å². The minimum absolute atomic E-state index is 0.298. The van der Waals surface area contributed by atoms with Gasteiger partial charge in [0.25, 0.3) is 0 Å². The smallest absolute Gasteiger partial charge is 0.0468 e. The second-order valence-corrected chi connectivity index (χ2v) is 5.98. The summed E-state index contributed by atoms with van der Waals surface area (Å²) in [5.74, 6) is 0.942. The zero-order valence-electron chi connectivity index (χ0n) is 10.9. The molecule has 1 unspecified atom stereocenters. The van der Waals surface area contributed by atoms with E-state index in [1.54, 1.807) is 0 Å². The molecule has 0 spiro atoms. The maximum atomic E-state index is 6.31. The van der Waals surface area contributed by atoms with Crippen LogP contribution in [-0.2, 0) is 0 Å². The molecule has 1 fully saturated rings. The standard InChI is InChI=1S/C15H21Cl2N/c1-2-10-18-14(9-8-11-6-7-11)15-12(16)4-3-5-13(15)17/h3-5,11,14,18H,2,6-10H2,1H3. The fourth-order valence-corrected chi connectivity index (χ4v) is 2.98. The molecule has 1 atom stereocenters. The van der Waals surface area contributed by atoms with E-state index in [1.807, 2.05) is 18.2 Å². The Kier molecular flexibility index (Phi) is 5.35. The Hall–Kier alpha value is -0.240. The maximum absolute atomic E-state index is 6.31. The average Bonchev–Trinajstić information content (AvgIpc) is 3.15. The van der Waals surface area contributed by atoms with Crippen molar-refractivity contribution in [2.24, 2.45) is 5.92 Å². The maximum Gasteiger partial charge on any atom is 0.0468 e. The number of halogens is 2. The highest BCUT2D eigenvalue weighted by Crippen LogP contribution is 2.38. The van der Waals surface area contributed by atoms with Crippen LogP contribution >= 0.6 is 23.2 Å². The van der Waals surface area contributed by atoms with Gasteiger partial charge in [-0.1, -0.05) is 49.0 Å². The Morgan fingerprint density at radius 2 is 1.94 bits per heavy atom. The molecule has 0 radical (unpaired) electrons. The molecule has 0 aliphatic heterocycles. The summed E-state index contributed by atoms with van der Waals surface area (Å²) in [6, 6.07) is 6.07. The molecule has 0 saturated heterocycles. The molecule has 1 N–H and O–H groups in total. The van der Waals surface area contributed by atoms with Crippen molar-refractivity contribution in [3.63, 3.8) is 0 Å². The molecule has 2 rings (SSSR count). The first-order valence-corrected chi connectivity index (χ1v) is 7.65. The van der Waals surface area contributed by atoms with E-state index in [0.717, 1.165) is 40.9 Å². The van der Waals surface area contributed by atoms with E-state index < -0.39 is 0 Å². The van der Waals surface area contributed by atoms with Crippen LogP contribution in [0.4, 0.5) is 0 Å². The Morgan fingerprint density at radius 3 is 2.50 bits per heavy atom. The summed E-state index contributed by atoms with van der Waals surface area (Å²) >= 11 is 12.6. The summed E-state index contributed by atoms with van der Waals surface area (Å²) in [6.07, 6.45) is 6.34. The summed E-state index contributed by atoms with van der Waals surface area (Å²) < 4.78 is 0. The third-order valence-electron chi connectivity index (χ3n) is 3.55. The van der Waals surface area contributed by atoms with Crippen LogP contribution in [0.5, 0.6) is 0 Å². The van der Waals surface area contributed by atoms with Gasteiger partial charge in [0.15, 0.2) is 0 Å². The minimum atomic E-state index is 0.298. The molecule has 1 aromatic carbocycles. The van der Waals surface area contributed by atoms with Gasteiger partial charge in [-0.05, 0) is 43.9 Å². The zero-order valence-corrected chi connectivity index (χ0v) is 12.4. The molecule has 0 heterocycles. The van der Waals surface area contributed by atoms with Gasteiger partial charge >= 0.3 is 0 Å². The molecule has 1 aromatic rings. The molecular weight excluding hydrogens is 265 g/mol. The van der Waals surface area contributed by atoms with Crippen molar-refractivity contribution in [3.05, 3.63) is 33.8 Å². The van der Waals surface area contributed by atoms with Gasteiger partial charge in [0.05, 0.1) is 0 Å². The fourth-order valence-electron chi connectivity index (χ4n) is 2.32. The number of benzene rings is 1. The van der Waals surface area contributed by atoms with Gasteiger partial charge in [0, 0.05) is 21.7 Å². The van der Waals surface area contributed by atoms with E-state index in [4.69, 9.17) is 23.2 Å². The third-order valence-corrected chi connectivity index (χ3v) is 4.21. The lowest BCUT2D eigenvalue weighted by molar-refractivity contribution is 0.470. The minimum Gasteiger partial charge on any atom is -0.310 e. The summed E-state index contributed by atoms with van der Waals surface area (Å²) in [5, 5.41) is 5.15. The summed E-state index contributed by atoms with van der Waals surface area (Å²) in [4.78, 5) is 0. The van der Waals surface area contributed by atoms with Crippen molar-refractivity contribution in [1.29, 1.82) is 0 Å². The fraction of sp³-hybridized carbons (Fsp3) is 0.600. The van der Waals surface area contributed by atoms with Gasteiger partial charge in [-0.25, -0.2) is 0 Å². The van der Waals surface area contributed by atoms with Crippen LogP contribution in [0, 0.1) is 5.92 Å². The third kappa shape index (κ3) is 3.88. The average molecular weight is 286 g/mol. The largest absolute Gasteiger partial charge is 0.310 e. The number of nitrogens with one attached hydrogen (secondary N) is 1. The Morgan fingerprint density at radius 1 is 1.28 bits per heavy atom. The van der Waals surface area contributed by atoms with Crippen LogP contribution in [0.25, 0.3) is 0 Å². The van der Waals surface area contributed by atoms with Gasteiger partial charge in [-0.15, -0.1) is 0 Å². The molecular formula is C15H21Cl2N. The molecule has 1 nitrogen and oxygen atoms in total. The number of rotatable bonds is 7. The molecule has 100 valence electrons. The normalized spacial score (nSPS) is 16.8. The molecule has 0 amide bonds.